The highest BCUT2D eigenvalue weighted by atomic mass is 33.1. The van der Waals surface area contributed by atoms with Crippen molar-refractivity contribution in [3.05, 3.63) is 84.9 Å². The summed E-state index contributed by atoms with van der Waals surface area (Å²) >= 11 is 0. The van der Waals surface area contributed by atoms with E-state index in [2.05, 4.69) is 84.9 Å². The van der Waals surface area contributed by atoms with E-state index in [1.807, 2.05) is 21.6 Å². The molecule has 4 aromatic rings. The van der Waals surface area contributed by atoms with Gasteiger partial charge in [-0.2, -0.15) is 0 Å². The van der Waals surface area contributed by atoms with Crippen molar-refractivity contribution < 1.29 is 9.47 Å². The highest BCUT2D eigenvalue weighted by molar-refractivity contribution is 8.76. The summed E-state index contributed by atoms with van der Waals surface area (Å²) in [5, 5.41) is 5.02. The smallest absolute Gasteiger partial charge is 0.119 e. The summed E-state index contributed by atoms with van der Waals surface area (Å²) in [7, 11) is 4.08. The minimum Gasteiger partial charge on any atom is -0.494 e. The molecule has 0 spiro atoms. The van der Waals surface area contributed by atoms with E-state index in [1.165, 1.54) is 71.6 Å². The molecule has 0 fully saturated rings. The first-order valence-electron chi connectivity index (χ1n) is 13.4. The molecule has 4 heteroatoms. The number of hydrogen-bond donors (Lipinski definition) is 0. The Bertz CT molecular complexity index is 1080. The van der Waals surface area contributed by atoms with Gasteiger partial charge in [-0.3, -0.25) is 0 Å². The lowest BCUT2D eigenvalue weighted by Gasteiger charge is -2.08. The Morgan fingerprint density at radius 3 is 1.31 bits per heavy atom. The van der Waals surface area contributed by atoms with Crippen LogP contribution < -0.4 is 9.47 Å². The van der Waals surface area contributed by atoms with Crippen molar-refractivity contribution >= 4 is 43.1 Å². The molecule has 0 amide bonds. The van der Waals surface area contributed by atoms with E-state index < -0.39 is 0 Å². The van der Waals surface area contributed by atoms with Gasteiger partial charge in [0.15, 0.2) is 0 Å². The van der Waals surface area contributed by atoms with Gasteiger partial charge in [0.25, 0.3) is 0 Å². The molecule has 36 heavy (non-hydrogen) atoms. The standard InChI is InChI=1S/C32H38O2S2/c1(9-21-33-31-19-17-27-13-5-7-15-29(27)25-31)3-11-23-35-36-24-12-4-2-10-22-34-32-20-18-28-14-6-8-16-30(28)26-32/h5-8,13-20,25-26H,1-4,9-12,21-24H2. The van der Waals surface area contributed by atoms with Crippen LogP contribution in [0.2, 0.25) is 0 Å². The fourth-order valence-corrected chi connectivity index (χ4v) is 6.54. The molecule has 0 aliphatic carbocycles. The summed E-state index contributed by atoms with van der Waals surface area (Å²) < 4.78 is 11.9. The van der Waals surface area contributed by atoms with E-state index in [0.717, 1.165) is 37.6 Å². The molecule has 0 aliphatic rings. The van der Waals surface area contributed by atoms with E-state index in [-0.39, 0.29) is 0 Å². The molecular weight excluding hydrogens is 480 g/mol. The van der Waals surface area contributed by atoms with Crippen molar-refractivity contribution in [3.8, 4) is 11.5 Å². The maximum absolute atomic E-state index is 5.94. The first-order valence-corrected chi connectivity index (χ1v) is 15.8. The zero-order valence-corrected chi connectivity index (χ0v) is 22.8. The molecule has 0 aliphatic heterocycles. The third-order valence-electron chi connectivity index (χ3n) is 6.31. The van der Waals surface area contributed by atoms with Crippen LogP contribution in [-0.4, -0.2) is 24.7 Å². The Kier molecular flexibility index (Phi) is 11.7. The molecule has 0 bridgehead atoms. The molecule has 0 N–H and O–H groups in total. The van der Waals surface area contributed by atoms with Gasteiger partial charge in [-0.15, -0.1) is 0 Å². The van der Waals surface area contributed by atoms with Gasteiger partial charge in [0.1, 0.15) is 11.5 Å². The van der Waals surface area contributed by atoms with Crippen LogP contribution in [0.3, 0.4) is 0 Å². The van der Waals surface area contributed by atoms with Gasteiger partial charge in [0.05, 0.1) is 13.2 Å². The normalized spacial score (nSPS) is 11.2. The molecule has 0 atom stereocenters. The molecule has 4 rings (SSSR count). The molecular formula is C32H38O2S2. The second-order valence-corrected chi connectivity index (χ2v) is 11.9. The molecule has 4 aromatic carbocycles. The summed E-state index contributed by atoms with van der Waals surface area (Å²) in [5.41, 5.74) is 0. The largest absolute Gasteiger partial charge is 0.494 e. The summed E-state index contributed by atoms with van der Waals surface area (Å²) in [5.74, 6) is 4.49. The number of unbranched alkanes of at least 4 members (excludes halogenated alkanes) is 6. The van der Waals surface area contributed by atoms with E-state index in [0.29, 0.717) is 0 Å². The van der Waals surface area contributed by atoms with E-state index >= 15 is 0 Å². The SMILES string of the molecule is c1ccc2cc(OCCCCCCSSCCCCCCOc3ccc4ccccc4c3)ccc2c1. The minimum atomic E-state index is 0.813. The molecule has 0 heterocycles. The average Bonchev–Trinajstić information content (AvgIpc) is 2.92. The Balaban J connectivity index is 0.911. The fourth-order valence-electron chi connectivity index (χ4n) is 4.25. The Morgan fingerprint density at radius 1 is 0.417 bits per heavy atom. The molecule has 0 aromatic heterocycles. The van der Waals surface area contributed by atoms with Crippen molar-refractivity contribution in [1.29, 1.82) is 0 Å². The summed E-state index contributed by atoms with van der Waals surface area (Å²) in [6.07, 6.45) is 9.97. The van der Waals surface area contributed by atoms with Crippen LogP contribution in [0.15, 0.2) is 84.9 Å². The monoisotopic (exact) mass is 518 g/mol. The van der Waals surface area contributed by atoms with Crippen molar-refractivity contribution in [2.45, 2.75) is 51.4 Å². The number of benzene rings is 4. The average molecular weight is 519 g/mol. The molecule has 190 valence electrons. The Morgan fingerprint density at radius 2 is 0.833 bits per heavy atom. The van der Waals surface area contributed by atoms with Crippen LogP contribution in [0.25, 0.3) is 21.5 Å². The number of hydrogen-bond acceptors (Lipinski definition) is 4. The lowest BCUT2D eigenvalue weighted by molar-refractivity contribution is 0.305. The van der Waals surface area contributed by atoms with Crippen LogP contribution in [0.1, 0.15) is 51.4 Å². The molecule has 2 nitrogen and oxygen atoms in total. The van der Waals surface area contributed by atoms with E-state index in [4.69, 9.17) is 9.47 Å². The molecule has 0 saturated carbocycles. The molecule has 0 unspecified atom stereocenters. The highest BCUT2D eigenvalue weighted by Gasteiger charge is 1.99. The number of ether oxygens (including phenoxy) is 2. The third kappa shape index (κ3) is 9.29. The van der Waals surface area contributed by atoms with Crippen molar-refractivity contribution in [2.24, 2.45) is 0 Å². The zero-order chi connectivity index (χ0) is 24.7. The summed E-state index contributed by atoms with van der Waals surface area (Å²) in [6, 6.07) is 29.6. The number of rotatable bonds is 17. The van der Waals surface area contributed by atoms with Crippen LogP contribution in [0.4, 0.5) is 0 Å². The predicted molar refractivity (Wildman–Crippen MR) is 161 cm³/mol. The van der Waals surface area contributed by atoms with Crippen LogP contribution in [0, 0.1) is 0 Å². The van der Waals surface area contributed by atoms with Gasteiger partial charge in [0, 0.05) is 11.5 Å². The fraction of sp³-hybridized carbons (Fsp3) is 0.375. The predicted octanol–water partition coefficient (Wildman–Crippen LogP) is 9.95. The quantitative estimate of drug-likeness (QED) is 0.102. The zero-order valence-electron chi connectivity index (χ0n) is 21.2. The van der Waals surface area contributed by atoms with Crippen molar-refractivity contribution in [1.82, 2.24) is 0 Å². The second-order valence-electron chi connectivity index (χ2n) is 9.19. The minimum absolute atomic E-state index is 0.813. The first-order chi connectivity index (χ1) is 17.9. The van der Waals surface area contributed by atoms with Crippen LogP contribution >= 0.6 is 21.6 Å². The van der Waals surface area contributed by atoms with Crippen molar-refractivity contribution in [2.75, 3.05) is 24.7 Å². The van der Waals surface area contributed by atoms with Gasteiger partial charge in [-0.25, -0.2) is 0 Å². The molecule has 0 radical (unpaired) electrons. The lowest BCUT2D eigenvalue weighted by Crippen LogP contribution is -1.97. The van der Waals surface area contributed by atoms with Crippen molar-refractivity contribution in [3.63, 3.8) is 0 Å². The number of fused-ring (bicyclic) bond motifs is 2. The van der Waals surface area contributed by atoms with Crippen LogP contribution in [0.5, 0.6) is 11.5 Å². The van der Waals surface area contributed by atoms with Crippen LogP contribution in [-0.2, 0) is 0 Å². The van der Waals surface area contributed by atoms with Gasteiger partial charge in [-0.05, 0) is 71.5 Å². The molecule has 0 saturated heterocycles. The Hall–Kier alpha value is -2.30. The summed E-state index contributed by atoms with van der Waals surface area (Å²) in [4.78, 5) is 0. The van der Waals surface area contributed by atoms with Gasteiger partial charge >= 0.3 is 0 Å². The first kappa shape index (κ1) is 26.8. The highest BCUT2D eigenvalue weighted by Crippen LogP contribution is 2.25. The van der Waals surface area contributed by atoms with E-state index in [1.54, 1.807) is 0 Å². The van der Waals surface area contributed by atoms with E-state index in [9.17, 15) is 0 Å². The summed E-state index contributed by atoms with van der Waals surface area (Å²) in [6.45, 7) is 1.63. The third-order valence-corrected chi connectivity index (χ3v) is 8.88. The van der Waals surface area contributed by atoms with Gasteiger partial charge in [-0.1, -0.05) is 108 Å². The van der Waals surface area contributed by atoms with Gasteiger partial charge in [0.2, 0.25) is 0 Å². The Labute approximate surface area is 224 Å². The second kappa shape index (κ2) is 15.7. The topological polar surface area (TPSA) is 18.5 Å². The van der Waals surface area contributed by atoms with Gasteiger partial charge < -0.3 is 9.47 Å². The maximum atomic E-state index is 5.94. The lowest BCUT2D eigenvalue weighted by atomic mass is 10.1. The maximum Gasteiger partial charge on any atom is 0.119 e.